The minimum absolute atomic E-state index is 0.145. The zero-order chi connectivity index (χ0) is 23.8. The van der Waals surface area contributed by atoms with Crippen molar-refractivity contribution in [2.75, 3.05) is 5.32 Å². The van der Waals surface area contributed by atoms with Gasteiger partial charge in [-0.05, 0) is 69.3 Å². The van der Waals surface area contributed by atoms with Crippen LogP contribution in [0.4, 0.5) is 11.5 Å². The standard InChI is InChI=1S/C24H19N9O/c1-14-4-8-22(30-29-14)27-17-5-7-21-20(11-17)26-13-32(21)23-9-6-19(16(3)34)24(28-23)33-15(2)10-18(12-25)31-33/h4-11,13H,1-3H3,(H,27,30). The fourth-order valence-electron chi connectivity index (χ4n) is 3.64. The second kappa shape index (κ2) is 8.22. The van der Waals surface area contributed by atoms with Crippen molar-refractivity contribution in [1.82, 2.24) is 34.5 Å². The molecule has 10 nitrogen and oxygen atoms in total. The van der Waals surface area contributed by atoms with Gasteiger partial charge in [-0.1, -0.05) is 0 Å². The van der Waals surface area contributed by atoms with Crippen molar-refractivity contribution in [3.63, 3.8) is 0 Å². The van der Waals surface area contributed by atoms with Gasteiger partial charge in [0.2, 0.25) is 0 Å². The molecule has 0 aliphatic heterocycles. The van der Waals surface area contributed by atoms with E-state index in [-0.39, 0.29) is 11.5 Å². The molecule has 0 unspecified atom stereocenters. The molecular weight excluding hydrogens is 430 g/mol. The second-order valence-electron chi connectivity index (χ2n) is 7.79. The van der Waals surface area contributed by atoms with E-state index in [4.69, 9.17) is 4.98 Å². The van der Waals surface area contributed by atoms with Crippen LogP contribution in [0.15, 0.2) is 54.9 Å². The zero-order valence-electron chi connectivity index (χ0n) is 18.7. The summed E-state index contributed by atoms with van der Waals surface area (Å²) < 4.78 is 3.35. The van der Waals surface area contributed by atoms with Crippen LogP contribution in [0.25, 0.3) is 22.7 Å². The van der Waals surface area contributed by atoms with Gasteiger partial charge in [-0.25, -0.2) is 14.6 Å². The summed E-state index contributed by atoms with van der Waals surface area (Å²) in [6.07, 6.45) is 1.68. The van der Waals surface area contributed by atoms with Gasteiger partial charge in [-0.2, -0.15) is 15.5 Å². The number of carbonyl (C=O) groups excluding carboxylic acids is 1. The fraction of sp³-hybridized carbons (Fsp3) is 0.125. The van der Waals surface area contributed by atoms with Crippen molar-refractivity contribution in [2.24, 2.45) is 0 Å². The maximum atomic E-state index is 12.3. The molecule has 1 aromatic carbocycles. The van der Waals surface area contributed by atoms with Crippen LogP contribution in [-0.2, 0) is 0 Å². The highest BCUT2D eigenvalue weighted by Crippen LogP contribution is 2.24. The van der Waals surface area contributed by atoms with Crippen molar-refractivity contribution >= 4 is 28.3 Å². The summed E-state index contributed by atoms with van der Waals surface area (Å²) in [7, 11) is 0. The summed E-state index contributed by atoms with van der Waals surface area (Å²) >= 11 is 0. The third-order valence-electron chi connectivity index (χ3n) is 5.31. The Bertz CT molecular complexity index is 1590. The van der Waals surface area contributed by atoms with Crippen LogP contribution in [0.5, 0.6) is 0 Å². The van der Waals surface area contributed by atoms with Gasteiger partial charge in [0, 0.05) is 11.4 Å². The number of carbonyl (C=O) groups is 1. The topological polar surface area (TPSA) is 127 Å². The Kier molecular flexibility index (Phi) is 5.07. The van der Waals surface area contributed by atoms with Crippen molar-refractivity contribution in [3.8, 4) is 17.7 Å². The number of aryl methyl sites for hydroxylation is 2. The number of nitrogens with zero attached hydrogens (tertiary/aromatic N) is 8. The molecule has 0 saturated carbocycles. The number of benzene rings is 1. The quantitative estimate of drug-likeness (QED) is 0.401. The molecule has 1 N–H and O–H groups in total. The molecule has 5 aromatic rings. The molecule has 0 aliphatic carbocycles. The highest BCUT2D eigenvalue weighted by Gasteiger charge is 2.17. The van der Waals surface area contributed by atoms with Crippen LogP contribution in [0, 0.1) is 25.2 Å². The molecule has 0 bridgehead atoms. The monoisotopic (exact) mass is 449 g/mol. The fourth-order valence-corrected chi connectivity index (χ4v) is 3.64. The molecule has 0 spiro atoms. The van der Waals surface area contributed by atoms with E-state index in [0.717, 1.165) is 22.4 Å². The number of Topliss-reactive ketones (excluding diaryl/α,β-unsaturated/α-hetero) is 1. The van der Waals surface area contributed by atoms with Crippen molar-refractivity contribution in [2.45, 2.75) is 20.8 Å². The lowest BCUT2D eigenvalue weighted by Crippen LogP contribution is -2.11. The molecule has 4 aromatic heterocycles. The molecule has 0 radical (unpaired) electrons. The van der Waals surface area contributed by atoms with Gasteiger partial charge >= 0.3 is 0 Å². The lowest BCUT2D eigenvalue weighted by Gasteiger charge is -2.11. The molecule has 0 amide bonds. The summed E-state index contributed by atoms with van der Waals surface area (Å²) in [5.41, 5.74) is 4.63. The van der Waals surface area contributed by atoms with E-state index in [2.05, 4.69) is 25.6 Å². The summed E-state index contributed by atoms with van der Waals surface area (Å²) in [5, 5.41) is 24.9. The lowest BCUT2D eigenvalue weighted by atomic mass is 10.2. The molecule has 0 aliphatic rings. The van der Waals surface area contributed by atoms with Crippen LogP contribution in [0.3, 0.4) is 0 Å². The van der Waals surface area contributed by atoms with E-state index in [1.165, 1.54) is 11.6 Å². The van der Waals surface area contributed by atoms with E-state index in [1.807, 2.05) is 54.8 Å². The van der Waals surface area contributed by atoms with Crippen molar-refractivity contribution in [1.29, 1.82) is 5.26 Å². The number of imidazole rings is 1. The molecule has 0 fully saturated rings. The SMILES string of the molecule is CC(=O)c1ccc(-n2cnc3cc(Nc4ccc(C)nn4)ccc32)nc1-n1nc(C#N)cc1C. The third kappa shape index (κ3) is 3.75. The van der Waals surface area contributed by atoms with Gasteiger partial charge in [0.25, 0.3) is 0 Å². The minimum atomic E-state index is -0.145. The van der Waals surface area contributed by atoms with E-state index in [0.29, 0.717) is 28.7 Å². The van der Waals surface area contributed by atoms with Gasteiger partial charge in [0.15, 0.2) is 23.1 Å². The minimum Gasteiger partial charge on any atom is -0.339 e. The van der Waals surface area contributed by atoms with Gasteiger partial charge in [-0.3, -0.25) is 9.36 Å². The highest BCUT2D eigenvalue weighted by atomic mass is 16.1. The van der Waals surface area contributed by atoms with E-state index in [1.54, 1.807) is 24.5 Å². The van der Waals surface area contributed by atoms with Crippen LogP contribution in [0.2, 0.25) is 0 Å². The highest BCUT2D eigenvalue weighted by molar-refractivity contribution is 5.97. The summed E-state index contributed by atoms with van der Waals surface area (Å²) in [6, 6.07) is 16.7. The number of nitrogens with one attached hydrogen (secondary N) is 1. The lowest BCUT2D eigenvalue weighted by molar-refractivity contribution is 0.101. The summed E-state index contributed by atoms with van der Waals surface area (Å²) in [6.45, 7) is 5.17. The maximum Gasteiger partial charge on any atom is 0.166 e. The first-order valence-electron chi connectivity index (χ1n) is 10.5. The Morgan fingerprint density at radius 1 is 1.06 bits per heavy atom. The van der Waals surface area contributed by atoms with E-state index < -0.39 is 0 Å². The molecule has 10 heteroatoms. The third-order valence-corrected chi connectivity index (χ3v) is 5.31. The Labute approximate surface area is 194 Å². The number of fused-ring (bicyclic) bond motifs is 1. The van der Waals surface area contributed by atoms with Gasteiger partial charge < -0.3 is 5.32 Å². The van der Waals surface area contributed by atoms with Crippen LogP contribution in [-0.4, -0.2) is 40.3 Å². The van der Waals surface area contributed by atoms with Crippen LogP contribution < -0.4 is 5.32 Å². The zero-order valence-corrected chi connectivity index (χ0v) is 18.7. The molecule has 34 heavy (non-hydrogen) atoms. The number of rotatable bonds is 5. The Hall–Kier alpha value is -4.91. The van der Waals surface area contributed by atoms with Crippen molar-refractivity contribution in [3.05, 3.63) is 77.5 Å². The van der Waals surface area contributed by atoms with Crippen LogP contribution >= 0.6 is 0 Å². The Balaban J connectivity index is 1.55. The molecule has 0 atom stereocenters. The number of hydrogen-bond acceptors (Lipinski definition) is 8. The largest absolute Gasteiger partial charge is 0.339 e. The number of ketones is 1. The predicted octanol–water partition coefficient (Wildman–Crippen LogP) is 3.83. The predicted molar refractivity (Wildman–Crippen MR) is 125 cm³/mol. The van der Waals surface area contributed by atoms with Crippen molar-refractivity contribution < 1.29 is 4.79 Å². The number of nitriles is 1. The maximum absolute atomic E-state index is 12.3. The molecular formula is C24H19N9O. The number of pyridine rings is 1. The first-order valence-corrected chi connectivity index (χ1v) is 10.5. The smallest absolute Gasteiger partial charge is 0.166 e. The Morgan fingerprint density at radius 3 is 2.62 bits per heavy atom. The number of aromatic nitrogens is 7. The molecule has 4 heterocycles. The molecule has 0 saturated heterocycles. The summed E-state index contributed by atoms with van der Waals surface area (Å²) in [5.74, 6) is 1.43. The van der Waals surface area contributed by atoms with Gasteiger partial charge in [-0.15, -0.1) is 5.10 Å². The van der Waals surface area contributed by atoms with E-state index in [9.17, 15) is 10.1 Å². The summed E-state index contributed by atoms with van der Waals surface area (Å²) in [4.78, 5) is 21.5. The van der Waals surface area contributed by atoms with Gasteiger partial charge in [0.1, 0.15) is 18.2 Å². The number of hydrogen-bond donors (Lipinski definition) is 1. The average Bonchev–Trinajstić information content (AvgIpc) is 3.43. The number of anilines is 2. The Morgan fingerprint density at radius 2 is 1.91 bits per heavy atom. The average molecular weight is 449 g/mol. The second-order valence-corrected chi connectivity index (χ2v) is 7.79. The molecule has 5 rings (SSSR count). The first kappa shape index (κ1) is 21.0. The van der Waals surface area contributed by atoms with E-state index >= 15 is 0 Å². The van der Waals surface area contributed by atoms with Gasteiger partial charge in [0.05, 0.1) is 22.3 Å². The first-order chi connectivity index (χ1) is 16.4. The molecule has 166 valence electrons. The van der Waals surface area contributed by atoms with Crippen LogP contribution in [0.1, 0.15) is 34.4 Å². The normalized spacial score (nSPS) is 10.9.